The molecule has 0 aliphatic heterocycles. The summed E-state index contributed by atoms with van der Waals surface area (Å²) in [5, 5.41) is 0. The maximum Gasteiger partial charge on any atom is 1.00 e. The topological polar surface area (TPSA) is 60.4 Å². The van der Waals surface area contributed by atoms with Crippen LogP contribution in [0.5, 0.6) is 0 Å². The van der Waals surface area contributed by atoms with E-state index in [2.05, 4.69) is 45.0 Å². The summed E-state index contributed by atoms with van der Waals surface area (Å²) >= 11 is -2.86. The Bertz CT molecular complexity index is 281. The number of hydrogen-bond donors (Lipinski definition) is 1. The largest absolute Gasteiger partial charge is 1.00 e. The Morgan fingerprint density at radius 1 is 1.27 bits per heavy atom. The molecule has 80 valence electrons. The molecule has 1 aromatic rings. The quantitative estimate of drug-likeness (QED) is 0.541. The van der Waals surface area contributed by atoms with Gasteiger partial charge in [0.15, 0.2) is 0 Å². The van der Waals surface area contributed by atoms with E-state index in [9.17, 15) is 0 Å². The van der Waals surface area contributed by atoms with Gasteiger partial charge >= 0.3 is 51.4 Å². The Labute approximate surface area is 136 Å². The predicted octanol–water partition coefficient (Wildman–Crippen LogP) is -0.539. The normalized spacial score (nSPS) is 11.1. The molecule has 0 fully saturated rings. The number of benzene rings is 1. The molecule has 15 heavy (non-hydrogen) atoms. The summed E-state index contributed by atoms with van der Waals surface area (Å²) in [6.45, 7) is 6.54. The van der Waals surface area contributed by atoms with Crippen LogP contribution in [0.15, 0.2) is 24.3 Å². The SMILES string of the molecule is Cc1ccc(C(C)C)cc1.O=S([O-])O.[K+]. The summed E-state index contributed by atoms with van der Waals surface area (Å²) in [6, 6.07) is 8.71. The van der Waals surface area contributed by atoms with Crippen molar-refractivity contribution in [2.75, 3.05) is 0 Å². The summed E-state index contributed by atoms with van der Waals surface area (Å²) < 4.78 is 24.1. The van der Waals surface area contributed by atoms with Crippen LogP contribution in [0.2, 0.25) is 0 Å². The molecule has 0 saturated carbocycles. The zero-order chi connectivity index (χ0) is 11.1. The van der Waals surface area contributed by atoms with Crippen molar-refractivity contribution in [1.29, 1.82) is 0 Å². The maximum absolute atomic E-state index is 8.56. The summed E-state index contributed by atoms with van der Waals surface area (Å²) in [4.78, 5) is 0. The first-order valence-electron chi connectivity index (χ1n) is 4.28. The van der Waals surface area contributed by atoms with Gasteiger partial charge in [-0.25, -0.2) is 4.21 Å². The van der Waals surface area contributed by atoms with Gasteiger partial charge in [-0.2, -0.15) is 0 Å². The van der Waals surface area contributed by atoms with E-state index in [0.29, 0.717) is 5.92 Å². The van der Waals surface area contributed by atoms with Gasteiger partial charge in [0.2, 0.25) is 0 Å². The van der Waals surface area contributed by atoms with Crippen molar-refractivity contribution in [3.05, 3.63) is 35.4 Å². The van der Waals surface area contributed by atoms with E-state index in [-0.39, 0.29) is 51.4 Å². The van der Waals surface area contributed by atoms with E-state index < -0.39 is 11.4 Å². The minimum absolute atomic E-state index is 0. The molecule has 1 unspecified atom stereocenters. The van der Waals surface area contributed by atoms with Crippen molar-refractivity contribution in [1.82, 2.24) is 0 Å². The predicted molar refractivity (Wildman–Crippen MR) is 56.8 cm³/mol. The van der Waals surface area contributed by atoms with Gasteiger partial charge in [0.25, 0.3) is 0 Å². The third-order valence-electron chi connectivity index (χ3n) is 1.74. The van der Waals surface area contributed by atoms with Crippen molar-refractivity contribution in [2.45, 2.75) is 26.7 Å². The van der Waals surface area contributed by atoms with Crippen LogP contribution in [0.25, 0.3) is 0 Å². The summed E-state index contributed by atoms with van der Waals surface area (Å²) in [5.41, 5.74) is 2.76. The second kappa shape index (κ2) is 10.1. The average Bonchev–Trinajstić information content (AvgIpc) is 2.03. The minimum Gasteiger partial charge on any atom is -0.750 e. The summed E-state index contributed by atoms with van der Waals surface area (Å²) in [6.07, 6.45) is 0. The Hall–Kier alpha value is 0.926. The molecule has 0 bridgehead atoms. The smallest absolute Gasteiger partial charge is 0.750 e. The van der Waals surface area contributed by atoms with Crippen molar-refractivity contribution in [2.24, 2.45) is 0 Å². The van der Waals surface area contributed by atoms with Gasteiger partial charge in [-0.1, -0.05) is 43.7 Å². The van der Waals surface area contributed by atoms with Gasteiger partial charge < -0.3 is 9.11 Å². The van der Waals surface area contributed by atoms with Crippen LogP contribution in [-0.2, 0) is 11.4 Å². The first kappa shape index (κ1) is 18.3. The van der Waals surface area contributed by atoms with Crippen molar-refractivity contribution < 1.29 is 64.7 Å². The fourth-order valence-electron chi connectivity index (χ4n) is 0.951. The molecule has 0 heterocycles. The van der Waals surface area contributed by atoms with Crippen LogP contribution in [0, 0.1) is 6.92 Å². The third kappa shape index (κ3) is 11.2. The van der Waals surface area contributed by atoms with Crippen LogP contribution < -0.4 is 51.4 Å². The monoisotopic (exact) mass is 254 g/mol. The maximum atomic E-state index is 8.56. The van der Waals surface area contributed by atoms with Crippen LogP contribution in [0.4, 0.5) is 0 Å². The van der Waals surface area contributed by atoms with E-state index in [0.717, 1.165) is 0 Å². The Morgan fingerprint density at radius 3 is 1.87 bits per heavy atom. The Balaban J connectivity index is 0. The minimum atomic E-state index is -2.86. The van der Waals surface area contributed by atoms with Crippen LogP contribution in [0.3, 0.4) is 0 Å². The molecule has 1 atom stereocenters. The molecule has 0 aromatic heterocycles. The van der Waals surface area contributed by atoms with Gasteiger partial charge in [0.1, 0.15) is 0 Å². The van der Waals surface area contributed by atoms with Crippen LogP contribution in [-0.4, -0.2) is 13.3 Å². The molecular formula is C10H15KO3S. The molecule has 0 saturated heterocycles. The van der Waals surface area contributed by atoms with Crippen LogP contribution in [0.1, 0.15) is 30.9 Å². The molecule has 0 aliphatic carbocycles. The van der Waals surface area contributed by atoms with Gasteiger partial charge in [0.05, 0.1) is 11.4 Å². The fraction of sp³-hybridized carbons (Fsp3) is 0.400. The molecule has 1 aromatic carbocycles. The zero-order valence-electron chi connectivity index (χ0n) is 9.56. The van der Waals surface area contributed by atoms with E-state index in [1.54, 1.807) is 0 Å². The van der Waals surface area contributed by atoms with Crippen LogP contribution >= 0.6 is 0 Å². The summed E-state index contributed by atoms with van der Waals surface area (Å²) in [7, 11) is 0. The van der Waals surface area contributed by atoms with Gasteiger partial charge in [-0.15, -0.1) is 0 Å². The second-order valence-corrected chi connectivity index (χ2v) is 3.72. The molecule has 0 spiro atoms. The first-order valence-corrected chi connectivity index (χ1v) is 5.31. The van der Waals surface area contributed by atoms with Crippen molar-refractivity contribution in [3.8, 4) is 0 Å². The number of hydrogen-bond acceptors (Lipinski definition) is 2. The first-order chi connectivity index (χ1) is 6.43. The molecule has 0 radical (unpaired) electrons. The standard InChI is InChI=1S/C10H14.K.H2O3S/c1-8(2)10-6-4-9(3)5-7-10;;1-4(2)3/h4-8H,1-3H3;;(H2,1,2,3)/q;+1;/p-1. The van der Waals surface area contributed by atoms with Crippen molar-refractivity contribution >= 4 is 11.4 Å². The van der Waals surface area contributed by atoms with E-state index in [1.165, 1.54) is 11.1 Å². The van der Waals surface area contributed by atoms with E-state index >= 15 is 0 Å². The molecular weight excluding hydrogens is 239 g/mol. The molecule has 3 nitrogen and oxygen atoms in total. The van der Waals surface area contributed by atoms with Crippen molar-refractivity contribution in [3.63, 3.8) is 0 Å². The van der Waals surface area contributed by atoms with Gasteiger partial charge in [-0.3, -0.25) is 0 Å². The number of aryl methyl sites for hydroxylation is 1. The molecule has 0 aliphatic rings. The van der Waals surface area contributed by atoms with E-state index in [4.69, 9.17) is 13.3 Å². The molecule has 1 N–H and O–H groups in total. The average molecular weight is 254 g/mol. The second-order valence-electron chi connectivity index (χ2n) is 3.28. The Morgan fingerprint density at radius 2 is 1.60 bits per heavy atom. The summed E-state index contributed by atoms with van der Waals surface area (Å²) in [5.74, 6) is 0.653. The molecule has 5 heteroatoms. The zero-order valence-corrected chi connectivity index (χ0v) is 13.5. The third-order valence-corrected chi connectivity index (χ3v) is 1.74. The van der Waals surface area contributed by atoms with E-state index in [1.807, 2.05) is 0 Å². The van der Waals surface area contributed by atoms with Gasteiger partial charge in [-0.05, 0) is 18.4 Å². The fourth-order valence-corrected chi connectivity index (χ4v) is 0.951. The Kier molecular flexibility index (Phi) is 12.3. The molecule has 0 amide bonds. The number of rotatable bonds is 1. The van der Waals surface area contributed by atoms with Gasteiger partial charge in [0, 0.05) is 0 Å². The molecule has 1 rings (SSSR count).